The molecule has 2 aromatic carbocycles. The van der Waals surface area contributed by atoms with E-state index in [2.05, 4.69) is 10.3 Å². The van der Waals surface area contributed by atoms with Crippen LogP contribution < -0.4 is 10.1 Å². The molecule has 0 aliphatic rings. The Morgan fingerprint density at radius 1 is 0.966 bits per heavy atom. The topological polar surface area (TPSA) is 77.5 Å². The van der Waals surface area contributed by atoms with E-state index in [9.17, 15) is 9.59 Å². The van der Waals surface area contributed by atoms with E-state index in [1.807, 2.05) is 6.07 Å². The summed E-state index contributed by atoms with van der Waals surface area (Å²) in [6.45, 7) is -0.562. The van der Waals surface area contributed by atoms with E-state index in [1.165, 1.54) is 24.4 Å². The van der Waals surface area contributed by atoms with Gasteiger partial charge in [0.05, 0.1) is 15.7 Å². The number of ether oxygens (including phenoxy) is 2. The molecule has 0 fully saturated rings. The Morgan fingerprint density at radius 2 is 1.66 bits per heavy atom. The Balaban J connectivity index is 1.65. The maximum absolute atomic E-state index is 12.4. The molecule has 0 saturated carbocycles. The summed E-state index contributed by atoms with van der Waals surface area (Å²) < 4.78 is 10.7. The highest BCUT2D eigenvalue weighted by Gasteiger charge is 2.18. The van der Waals surface area contributed by atoms with Crippen molar-refractivity contribution in [2.75, 3.05) is 11.9 Å². The second-order valence-electron chi connectivity index (χ2n) is 5.64. The lowest BCUT2D eigenvalue weighted by molar-refractivity contribution is -0.119. The number of halogens is 3. The second-order valence-corrected chi connectivity index (χ2v) is 6.89. The van der Waals surface area contributed by atoms with Crippen molar-refractivity contribution in [3.63, 3.8) is 0 Å². The van der Waals surface area contributed by atoms with Gasteiger partial charge in [-0.15, -0.1) is 0 Å². The molecule has 0 saturated heterocycles. The predicted molar refractivity (Wildman–Crippen MR) is 111 cm³/mol. The first-order valence-electron chi connectivity index (χ1n) is 8.23. The van der Waals surface area contributed by atoms with Crippen LogP contribution in [-0.4, -0.2) is 23.5 Å². The number of rotatable bonds is 6. The molecule has 0 aliphatic carbocycles. The number of hydrogen-bond acceptors (Lipinski definition) is 5. The zero-order valence-corrected chi connectivity index (χ0v) is 17.0. The van der Waals surface area contributed by atoms with Crippen LogP contribution >= 0.6 is 34.8 Å². The van der Waals surface area contributed by atoms with Crippen molar-refractivity contribution in [1.82, 2.24) is 4.98 Å². The van der Waals surface area contributed by atoms with Gasteiger partial charge in [-0.1, -0.05) is 53.0 Å². The maximum atomic E-state index is 12.4. The number of aromatic nitrogens is 1. The molecule has 29 heavy (non-hydrogen) atoms. The van der Waals surface area contributed by atoms with Crippen molar-refractivity contribution >= 4 is 52.4 Å². The minimum atomic E-state index is -0.771. The van der Waals surface area contributed by atoms with Gasteiger partial charge < -0.3 is 14.8 Å². The molecular weight excluding hydrogens is 439 g/mol. The Hall–Kier alpha value is -2.80. The van der Waals surface area contributed by atoms with Gasteiger partial charge in [-0.05, 0) is 36.4 Å². The number of anilines is 1. The van der Waals surface area contributed by atoms with Crippen LogP contribution in [0.15, 0.2) is 60.8 Å². The lowest BCUT2D eigenvalue weighted by Gasteiger charge is -2.11. The summed E-state index contributed by atoms with van der Waals surface area (Å²) in [7, 11) is 0. The molecule has 1 N–H and O–H groups in total. The third-order valence-corrected chi connectivity index (χ3v) is 4.37. The zero-order chi connectivity index (χ0) is 20.8. The quantitative estimate of drug-likeness (QED) is 0.491. The van der Waals surface area contributed by atoms with Gasteiger partial charge in [-0.2, -0.15) is 0 Å². The van der Waals surface area contributed by atoms with Gasteiger partial charge in [0, 0.05) is 11.2 Å². The number of pyridine rings is 1. The fourth-order valence-corrected chi connectivity index (χ4v) is 3.19. The number of benzene rings is 2. The molecule has 0 bridgehead atoms. The third-order valence-electron chi connectivity index (χ3n) is 3.55. The average molecular weight is 452 g/mol. The summed E-state index contributed by atoms with van der Waals surface area (Å²) in [5, 5.41) is 3.13. The Morgan fingerprint density at radius 3 is 2.34 bits per heavy atom. The molecule has 148 valence electrons. The fraction of sp³-hybridized carbons (Fsp3) is 0.0500. The molecule has 1 aromatic heterocycles. The highest BCUT2D eigenvalue weighted by molar-refractivity contribution is 6.42. The van der Waals surface area contributed by atoms with Crippen LogP contribution in [0.4, 0.5) is 5.69 Å². The summed E-state index contributed by atoms with van der Waals surface area (Å²) in [5.74, 6) is -0.829. The van der Waals surface area contributed by atoms with Gasteiger partial charge in [0.1, 0.15) is 11.3 Å². The lowest BCUT2D eigenvalue weighted by atomic mass is 10.2. The van der Waals surface area contributed by atoms with E-state index < -0.39 is 18.5 Å². The van der Waals surface area contributed by atoms with Gasteiger partial charge >= 0.3 is 5.97 Å². The number of carbonyl (C=O) groups excluding carboxylic acids is 2. The zero-order valence-electron chi connectivity index (χ0n) is 14.7. The normalized spacial score (nSPS) is 10.3. The first kappa shape index (κ1) is 20.9. The van der Waals surface area contributed by atoms with Crippen LogP contribution in [0.1, 0.15) is 10.4 Å². The average Bonchev–Trinajstić information content (AvgIpc) is 2.70. The maximum Gasteiger partial charge on any atom is 0.344 e. The van der Waals surface area contributed by atoms with Crippen LogP contribution in [-0.2, 0) is 9.53 Å². The van der Waals surface area contributed by atoms with Gasteiger partial charge in [0.15, 0.2) is 6.61 Å². The number of amides is 1. The summed E-state index contributed by atoms with van der Waals surface area (Å²) in [4.78, 5) is 28.6. The third kappa shape index (κ3) is 5.60. The smallest absolute Gasteiger partial charge is 0.344 e. The SMILES string of the molecule is O=C(COC(=O)c1cccnc1Oc1ccccc1)Nc1c(Cl)cc(Cl)cc1Cl. The van der Waals surface area contributed by atoms with Gasteiger partial charge in [-0.3, -0.25) is 4.79 Å². The number of esters is 1. The summed E-state index contributed by atoms with van der Waals surface area (Å²) in [6, 6.07) is 14.7. The number of nitrogens with one attached hydrogen (secondary N) is 1. The molecule has 9 heteroatoms. The first-order chi connectivity index (χ1) is 13.9. The molecule has 3 aromatic rings. The molecule has 6 nitrogen and oxygen atoms in total. The molecule has 0 aliphatic heterocycles. The van der Waals surface area contributed by atoms with Crippen LogP contribution in [0.5, 0.6) is 11.6 Å². The number of carbonyl (C=O) groups is 2. The Kier molecular flexibility index (Phi) is 6.93. The highest BCUT2D eigenvalue weighted by Crippen LogP contribution is 2.33. The number of hydrogen-bond donors (Lipinski definition) is 1. The van der Waals surface area contributed by atoms with Crippen molar-refractivity contribution in [2.24, 2.45) is 0 Å². The van der Waals surface area contributed by atoms with E-state index in [-0.39, 0.29) is 27.2 Å². The van der Waals surface area contributed by atoms with E-state index >= 15 is 0 Å². The van der Waals surface area contributed by atoms with Gasteiger partial charge in [0.2, 0.25) is 5.88 Å². The first-order valence-corrected chi connectivity index (χ1v) is 9.37. The molecular formula is C20H13Cl3N2O4. The highest BCUT2D eigenvalue weighted by atomic mass is 35.5. The minimum Gasteiger partial charge on any atom is -0.452 e. The van der Waals surface area contributed by atoms with Gasteiger partial charge in [-0.25, -0.2) is 9.78 Å². The summed E-state index contributed by atoms with van der Waals surface area (Å²) >= 11 is 17.9. The Bertz CT molecular complexity index is 1020. The lowest BCUT2D eigenvalue weighted by Crippen LogP contribution is -2.21. The summed E-state index contributed by atoms with van der Waals surface area (Å²) in [6.07, 6.45) is 1.48. The predicted octanol–water partition coefficient (Wildman–Crippen LogP) is 5.63. The molecule has 1 amide bonds. The van der Waals surface area contributed by atoms with Crippen LogP contribution in [0.2, 0.25) is 15.1 Å². The van der Waals surface area contributed by atoms with E-state index in [0.29, 0.717) is 10.8 Å². The second kappa shape index (κ2) is 9.60. The van der Waals surface area contributed by atoms with Crippen molar-refractivity contribution in [1.29, 1.82) is 0 Å². The standard InChI is InChI=1S/C20H13Cl3N2O4/c21-12-9-15(22)18(16(23)10-12)25-17(26)11-28-20(27)14-7-4-8-24-19(14)29-13-5-2-1-3-6-13/h1-10H,11H2,(H,25,26). The molecule has 0 radical (unpaired) electrons. The van der Waals surface area contributed by atoms with Crippen molar-refractivity contribution in [2.45, 2.75) is 0 Å². The molecule has 0 unspecified atom stereocenters. The fourth-order valence-electron chi connectivity index (χ4n) is 2.27. The molecule has 0 spiro atoms. The van der Waals surface area contributed by atoms with Crippen molar-refractivity contribution in [3.8, 4) is 11.6 Å². The van der Waals surface area contributed by atoms with E-state index in [0.717, 1.165) is 0 Å². The van der Waals surface area contributed by atoms with E-state index in [1.54, 1.807) is 30.3 Å². The van der Waals surface area contributed by atoms with Crippen LogP contribution in [0, 0.1) is 0 Å². The van der Waals surface area contributed by atoms with E-state index in [4.69, 9.17) is 44.3 Å². The summed E-state index contributed by atoms with van der Waals surface area (Å²) in [5.41, 5.74) is 0.250. The Labute approximate surface area is 181 Å². The van der Waals surface area contributed by atoms with Crippen LogP contribution in [0.25, 0.3) is 0 Å². The van der Waals surface area contributed by atoms with Crippen LogP contribution in [0.3, 0.4) is 0 Å². The monoisotopic (exact) mass is 450 g/mol. The number of nitrogens with zero attached hydrogens (tertiary/aromatic N) is 1. The van der Waals surface area contributed by atoms with Gasteiger partial charge in [0.25, 0.3) is 5.91 Å². The molecule has 1 heterocycles. The van der Waals surface area contributed by atoms with Crippen molar-refractivity contribution in [3.05, 3.63) is 81.4 Å². The largest absolute Gasteiger partial charge is 0.452 e. The molecule has 3 rings (SSSR count). The number of para-hydroxylation sites is 1. The van der Waals surface area contributed by atoms with Crippen molar-refractivity contribution < 1.29 is 19.1 Å². The molecule has 0 atom stereocenters. The minimum absolute atomic E-state index is 0.0629.